The van der Waals surface area contributed by atoms with Crippen molar-refractivity contribution in [2.24, 2.45) is 5.73 Å². The Labute approximate surface area is 79.6 Å². The summed E-state index contributed by atoms with van der Waals surface area (Å²) in [6, 6.07) is 0. The molecule has 0 saturated heterocycles. The van der Waals surface area contributed by atoms with Gasteiger partial charge in [0, 0.05) is 12.8 Å². The van der Waals surface area contributed by atoms with Crippen molar-refractivity contribution >= 4 is 9.84 Å². The Bertz CT molecular complexity index is 337. The minimum absolute atomic E-state index is 0.200. The number of allylic oxidation sites excluding steroid dienone is 2. The van der Waals surface area contributed by atoms with Crippen molar-refractivity contribution in [1.82, 2.24) is 0 Å². The zero-order valence-electron chi connectivity index (χ0n) is 7.95. The molecule has 0 aliphatic carbocycles. The number of sulfone groups is 1. The lowest BCUT2D eigenvalue weighted by molar-refractivity contribution is 0.608. The van der Waals surface area contributed by atoms with E-state index in [1.54, 1.807) is 6.08 Å². The molecule has 0 saturated carbocycles. The van der Waals surface area contributed by atoms with Gasteiger partial charge in [0.25, 0.3) is 0 Å². The summed E-state index contributed by atoms with van der Waals surface area (Å²) in [6.07, 6.45) is 5.76. The number of nitrogens with two attached hydrogens (primary N) is 1. The van der Waals surface area contributed by atoms with Gasteiger partial charge in [-0.15, -0.1) is 0 Å². The number of hydrogen-bond donors (Lipinski definition) is 1. The molecule has 0 spiro atoms. The van der Waals surface area contributed by atoms with Crippen LogP contribution in [0, 0.1) is 0 Å². The van der Waals surface area contributed by atoms with Gasteiger partial charge in [-0.2, -0.15) is 0 Å². The summed E-state index contributed by atoms with van der Waals surface area (Å²) >= 11 is 0. The Morgan fingerprint density at radius 2 is 2.08 bits per heavy atom. The van der Waals surface area contributed by atoms with E-state index in [0.717, 1.165) is 11.8 Å². The van der Waals surface area contributed by atoms with Crippen LogP contribution >= 0.6 is 0 Å². The predicted octanol–water partition coefficient (Wildman–Crippen LogP) is 1.01. The lowest BCUT2D eigenvalue weighted by Gasteiger charge is -2.00. The first kappa shape index (κ1) is 12.1. The van der Waals surface area contributed by atoms with Crippen LogP contribution < -0.4 is 5.73 Å². The Morgan fingerprint density at radius 1 is 1.54 bits per heavy atom. The highest BCUT2D eigenvalue weighted by Crippen LogP contribution is 2.09. The zero-order valence-corrected chi connectivity index (χ0v) is 8.76. The SMILES string of the molecule is C=C/C(=C\C(=C/C)CN)S(C)(=O)=O. The second-order valence-corrected chi connectivity index (χ2v) is 4.61. The van der Waals surface area contributed by atoms with Crippen molar-refractivity contribution in [3.05, 3.63) is 35.3 Å². The summed E-state index contributed by atoms with van der Waals surface area (Å²) in [5.41, 5.74) is 6.17. The Hall–Kier alpha value is -0.870. The van der Waals surface area contributed by atoms with E-state index in [4.69, 9.17) is 5.73 Å². The molecule has 0 aliphatic heterocycles. The van der Waals surface area contributed by atoms with Gasteiger partial charge < -0.3 is 5.73 Å². The summed E-state index contributed by atoms with van der Waals surface area (Å²) < 4.78 is 22.2. The maximum absolute atomic E-state index is 11.1. The fourth-order valence-corrected chi connectivity index (χ4v) is 1.43. The molecule has 0 fully saturated rings. The molecule has 4 heteroatoms. The van der Waals surface area contributed by atoms with Crippen LogP contribution in [0.3, 0.4) is 0 Å². The molecular weight excluding hydrogens is 186 g/mol. The second kappa shape index (κ2) is 4.99. The average Bonchev–Trinajstić information content (AvgIpc) is 2.04. The maximum atomic E-state index is 11.1. The fraction of sp³-hybridized carbons (Fsp3) is 0.333. The molecule has 0 aromatic heterocycles. The molecule has 0 unspecified atom stereocenters. The lowest BCUT2D eigenvalue weighted by Crippen LogP contribution is -2.04. The van der Waals surface area contributed by atoms with Crippen molar-refractivity contribution in [3.63, 3.8) is 0 Å². The molecule has 0 rings (SSSR count). The summed E-state index contributed by atoms with van der Waals surface area (Å²) in [4.78, 5) is 0.200. The number of hydrogen-bond acceptors (Lipinski definition) is 3. The van der Waals surface area contributed by atoms with Crippen LogP contribution in [0.1, 0.15) is 6.92 Å². The van der Waals surface area contributed by atoms with Crippen molar-refractivity contribution in [1.29, 1.82) is 0 Å². The fourth-order valence-electron chi connectivity index (χ4n) is 0.760. The van der Waals surface area contributed by atoms with Crippen LogP contribution in [0.25, 0.3) is 0 Å². The van der Waals surface area contributed by atoms with Crippen molar-refractivity contribution in [3.8, 4) is 0 Å². The standard InChI is InChI=1S/C9H15NO2S/c1-4-8(7-10)6-9(5-2)13(3,11)12/h4-6H,2,7,10H2,1,3H3/b8-4+,9-6+. The highest BCUT2D eigenvalue weighted by atomic mass is 32.2. The lowest BCUT2D eigenvalue weighted by atomic mass is 10.2. The second-order valence-electron chi connectivity index (χ2n) is 2.59. The van der Waals surface area contributed by atoms with Crippen molar-refractivity contribution < 1.29 is 8.42 Å². The summed E-state index contributed by atoms with van der Waals surface area (Å²) in [5.74, 6) is 0. The van der Waals surface area contributed by atoms with Gasteiger partial charge in [0.05, 0.1) is 4.91 Å². The molecule has 0 amide bonds. The van der Waals surface area contributed by atoms with E-state index in [2.05, 4.69) is 6.58 Å². The highest BCUT2D eigenvalue weighted by Gasteiger charge is 2.06. The molecule has 0 aromatic rings. The summed E-state index contributed by atoms with van der Waals surface area (Å²) in [7, 11) is -3.18. The van der Waals surface area contributed by atoms with Gasteiger partial charge in [0.15, 0.2) is 9.84 Å². The van der Waals surface area contributed by atoms with E-state index in [-0.39, 0.29) is 4.91 Å². The van der Waals surface area contributed by atoms with Gasteiger partial charge in [-0.3, -0.25) is 0 Å². The van der Waals surface area contributed by atoms with Crippen LogP contribution in [0.15, 0.2) is 35.3 Å². The van der Waals surface area contributed by atoms with Crippen LogP contribution in [-0.4, -0.2) is 21.2 Å². The Balaban J connectivity index is 5.11. The van der Waals surface area contributed by atoms with Crippen LogP contribution in [0.2, 0.25) is 0 Å². The molecule has 13 heavy (non-hydrogen) atoms. The minimum Gasteiger partial charge on any atom is -0.327 e. The maximum Gasteiger partial charge on any atom is 0.175 e. The molecule has 3 nitrogen and oxygen atoms in total. The first-order valence-corrected chi connectivity index (χ1v) is 5.74. The molecular formula is C9H15NO2S. The third kappa shape index (κ3) is 4.05. The smallest absolute Gasteiger partial charge is 0.175 e. The first-order chi connectivity index (χ1) is 5.95. The molecule has 74 valence electrons. The average molecular weight is 201 g/mol. The summed E-state index contributed by atoms with van der Waals surface area (Å²) in [5, 5.41) is 0. The molecule has 0 bridgehead atoms. The largest absolute Gasteiger partial charge is 0.327 e. The van der Waals surface area contributed by atoms with Gasteiger partial charge in [-0.05, 0) is 18.6 Å². The van der Waals surface area contributed by atoms with Gasteiger partial charge in [0.1, 0.15) is 0 Å². The quantitative estimate of drug-likeness (QED) is 0.690. The molecule has 0 heterocycles. The van der Waals surface area contributed by atoms with E-state index >= 15 is 0 Å². The van der Waals surface area contributed by atoms with Crippen LogP contribution in [-0.2, 0) is 9.84 Å². The van der Waals surface area contributed by atoms with E-state index < -0.39 is 9.84 Å². The molecule has 2 N–H and O–H groups in total. The highest BCUT2D eigenvalue weighted by molar-refractivity contribution is 7.94. The Kier molecular flexibility index (Phi) is 4.66. The van der Waals surface area contributed by atoms with Gasteiger partial charge in [0.2, 0.25) is 0 Å². The van der Waals surface area contributed by atoms with Crippen LogP contribution in [0.4, 0.5) is 0 Å². The third-order valence-electron chi connectivity index (χ3n) is 1.56. The van der Waals surface area contributed by atoms with Gasteiger partial charge in [-0.1, -0.05) is 18.7 Å². The monoisotopic (exact) mass is 201 g/mol. The van der Waals surface area contributed by atoms with Gasteiger partial charge >= 0.3 is 0 Å². The topological polar surface area (TPSA) is 60.2 Å². The van der Waals surface area contributed by atoms with Crippen molar-refractivity contribution in [2.75, 3.05) is 12.8 Å². The first-order valence-electron chi connectivity index (χ1n) is 3.85. The number of rotatable bonds is 4. The third-order valence-corrected chi connectivity index (χ3v) is 2.70. The van der Waals surface area contributed by atoms with Crippen LogP contribution in [0.5, 0.6) is 0 Å². The Morgan fingerprint density at radius 3 is 2.31 bits per heavy atom. The molecule has 0 radical (unpaired) electrons. The zero-order chi connectivity index (χ0) is 10.5. The van der Waals surface area contributed by atoms with E-state index in [0.29, 0.717) is 6.54 Å². The normalized spacial score (nSPS) is 14.4. The van der Waals surface area contributed by atoms with E-state index in [1.807, 2.05) is 6.92 Å². The van der Waals surface area contributed by atoms with Crippen molar-refractivity contribution in [2.45, 2.75) is 6.92 Å². The van der Waals surface area contributed by atoms with E-state index in [9.17, 15) is 8.42 Å². The summed E-state index contributed by atoms with van der Waals surface area (Å²) in [6.45, 7) is 5.56. The predicted molar refractivity (Wildman–Crippen MR) is 55.9 cm³/mol. The molecule has 0 atom stereocenters. The minimum atomic E-state index is -3.18. The van der Waals surface area contributed by atoms with Gasteiger partial charge in [-0.25, -0.2) is 8.42 Å². The molecule has 0 aromatic carbocycles. The molecule has 0 aliphatic rings. The van der Waals surface area contributed by atoms with E-state index in [1.165, 1.54) is 12.2 Å².